The van der Waals surface area contributed by atoms with Crippen LogP contribution in [0.25, 0.3) is 11.0 Å². The Balaban J connectivity index is 1.84. The minimum Gasteiger partial charge on any atom is -0.354 e. The highest BCUT2D eigenvalue weighted by Gasteiger charge is 2.37. The zero-order valence-electron chi connectivity index (χ0n) is 15.0. The molecule has 2 atom stereocenters. The lowest BCUT2D eigenvalue weighted by Gasteiger charge is -2.42. The lowest BCUT2D eigenvalue weighted by molar-refractivity contribution is -0.162. The van der Waals surface area contributed by atoms with Gasteiger partial charge in [0.1, 0.15) is 24.2 Å². The molecule has 2 aromatic heterocycles. The number of hydrogen-bond acceptors (Lipinski definition) is 4. The topological polar surface area (TPSA) is 65.1 Å². The number of fused-ring (bicyclic) bond motifs is 1. The molecule has 3 heterocycles. The van der Waals surface area contributed by atoms with Gasteiger partial charge < -0.3 is 14.8 Å². The predicted octanol–water partition coefficient (Wildman–Crippen LogP) is 2.89. The van der Waals surface area contributed by atoms with E-state index in [1.807, 2.05) is 25.1 Å². The quantitative estimate of drug-likeness (QED) is 0.904. The van der Waals surface area contributed by atoms with Crippen LogP contribution in [-0.4, -0.2) is 58.1 Å². The number of halogens is 3. The summed E-state index contributed by atoms with van der Waals surface area (Å²) < 4.78 is 37.7. The first kappa shape index (κ1) is 18.5. The maximum Gasteiger partial charge on any atom is 0.397 e. The van der Waals surface area contributed by atoms with Crippen LogP contribution < -0.4 is 4.90 Å². The molecule has 9 heteroatoms. The molecule has 0 radical (unpaired) electrons. The standard InChI is InChI=1S/C17H22F3N5O/c1-10-4-5-25(13(26)6-17(18,19)20)8-12(10)24(3)16-14-11(2)7-21-15(14)22-9-23-16/h7,9-10,12H,4-6,8H2,1-3H3,(H,21,22,23)/t10-,12-/m1/s1. The SMILES string of the molecule is Cc1c[nH]c2ncnc(N(C)[C@@H]3CN(C(=O)CC(F)(F)F)CC[C@H]3C)c12. The normalized spacial score (nSPS) is 21.2. The molecule has 1 aliphatic rings. The van der Waals surface area contributed by atoms with Crippen LogP contribution in [0.3, 0.4) is 0 Å². The number of nitrogens with zero attached hydrogens (tertiary/aromatic N) is 4. The van der Waals surface area contributed by atoms with Crippen LogP contribution in [0.15, 0.2) is 12.5 Å². The Bertz CT molecular complexity index is 803. The monoisotopic (exact) mass is 369 g/mol. The molecule has 1 aliphatic heterocycles. The second-order valence-electron chi connectivity index (χ2n) is 6.97. The maximum atomic E-state index is 12.6. The number of H-pyrrole nitrogens is 1. The molecule has 0 saturated carbocycles. The number of amides is 1. The fourth-order valence-electron chi connectivity index (χ4n) is 3.58. The van der Waals surface area contributed by atoms with E-state index in [0.29, 0.717) is 18.6 Å². The molecule has 0 unspecified atom stereocenters. The molecule has 1 amide bonds. The molecule has 0 aromatic carbocycles. The van der Waals surface area contributed by atoms with Crippen LogP contribution >= 0.6 is 0 Å². The number of carbonyl (C=O) groups excluding carboxylic acids is 1. The van der Waals surface area contributed by atoms with E-state index in [4.69, 9.17) is 0 Å². The minimum atomic E-state index is -4.48. The van der Waals surface area contributed by atoms with Gasteiger partial charge in [0.05, 0.1) is 11.4 Å². The molecule has 3 rings (SSSR count). The molecule has 1 saturated heterocycles. The number of aryl methyl sites for hydroxylation is 1. The van der Waals surface area contributed by atoms with Crippen molar-refractivity contribution in [2.45, 2.75) is 38.9 Å². The van der Waals surface area contributed by atoms with E-state index in [-0.39, 0.29) is 18.5 Å². The second-order valence-corrected chi connectivity index (χ2v) is 6.97. The van der Waals surface area contributed by atoms with Gasteiger partial charge in [-0.2, -0.15) is 13.2 Å². The van der Waals surface area contributed by atoms with Crippen LogP contribution in [0, 0.1) is 12.8 Å². The van der Waals surface area contributed by atoms with Crippen LogP contribution in [-0.2, 0) is 4.79 Å². The highest BCUT2D eigenvalue weighted by molar-refractivity contribution is 5.90. The first-order chi connectivity index (χ1) is 12.2. The first-order valence-corrected chi connectivity index (χ1v) is 8.53. The third-order valence-electron chi connectivity index (χ3n) is 5.10. The lowest BCUT2D eigenvalue weighted by atomic mass is 9.92. The Hall–Kier alpha value is -2.32. The molecule has 6 nitrogen and oxygen atoms in total. The van der Waals surface area contributed by atoms with Gasteiger partial charge >= 0.3 is 6.18 Å². The van der Waals surface area contributed by atoms with E-state index in [0.717, 1.165) is 16.8 Å². The summed E-state index contributed by atoms with van der Waals surface area (Å²) >= 11 is 0. The molecule has 26 heavy (non-hydrogen) atoms. The Kier molecular flexibility index (Phi) is 4.81. The summed E-state index contributed by atoms with van der Waals surface area (Å²) in [7, 11) is 1.87. The molecular weight excluding hydrogens is 347 g/mol. The molecule has 1 fully saturated rings. The molecule has 0 spiro atoms. The Labute approximate surface area is 149 Å². The molecular formula is C17H22F3N5O. The number of likely N-dealkylation sites (tertiary alicyclic amines) is 1. The van der Waals surface area contributed by atoms with Crippen molar-refractivity contribution in [2.75, 3.05) is 25.0 Å². The van der Waals surface area contributed by atoms with Crippen LogP contribution in [0.1, 0.15) is 25.3 Å². The van der Waals surface area contributed by atoms with Crippen molar-refractivity contribution in [2.24, 2.45) is 5.92 Å². The highest BCUT2D eigenvalue weighted by Crippen LogP contribution is 2.31. The molecule has 1 N–H and O–H groups in total. The number of carbonyl (C=O) groups is 1. The lowest BCUT2D eigenvalue weighted by Crippen LogP contribution is -2.53. The second kappa shape index (κ2) is 6.77. The first-order valence-electron chi connectivity index (χ1n) is 8.53. The Morgan fingerprint density at radius 3 is 2.85 bits per heavy atom. The molecule has 0 bridgehead atoms. The summed E-state index contributed by atoms with van der Waals surface area (Å²) in [5.74, 6) is 0.0726. The summed E-state index contributed by atoms with van der Waals surface area (Å²) in [4.78, 5) is 27.0. The van der Waals surface area contributed by atoms with Crippen molar-refractivity contribution >= 4 is 22.8 Å². The van der Waals surface area contributed by atoms with E-state index in [1.54, 1.807) is 0 Å². The third-order valence-corrected chi connectivity index (χ3v) is 5.10. The van der Waals surface area contributed by atoms with E-state index in [9.17, 15) is 18.0 Å². The fourth-order valence-corrected chi connectivity index (χ4v) is 3.58. The zero-order chi connectivity index (χ0) is 19.1. The average Bonchev–Trinajstić information content (AvgIpc) is 2.94. The van der Waals surface area contributed by atoms with Crippen molar-refractivity contribution in [1.82, 2.24) is 19.9 Å². The van der Waals surface area contributed by atoms with Crippen molar-refractivity contribution < 1.29 is 18.0 Å². The van der Waals surface area contributed by atoms with Gasteiger partial charge in [0.2, 0.25) is 5.91 Å². The summed E-state index contributed by atoms with van der Waals surface area (Å²) in [6, 6.07) is -0.117. The maximum absolute atomic E-state index is 12.6. The largest absolute Gasteiger partial charge is 0.397 e. The van der Waals surface area contributed by atoms with Gasteiger partial charge in [-0.25, -0.2) is 9.97 Å². The van der Waals surface area contributed by atoms with Gasteiger partial charge in [-0.05, 0) is 24.8 Å². The van der Waals surface area contributed by atoms with E-state index in [1.165, 1.54) is 11.2 Å². The number of likely N-dealkylation sites (N-methyl/N-ethyl adjacent to an activating group) is 1. The fraction of sp³-hybridized carbons (Fsp3) is 0.588. The summed E-state index contributed by atoms with van der Waals surface area (Å²) in [6.07, 6.45) is -1.93. The van der Waals surface area contributed by atoms with Gasteiger partial charge in [-0.1, -0.05) is 6.92 Å². The van der Waals surface area contributed by atoms with E-state index < -0.39 is 18.5 Å². The minimum absolute atomic E-state index is 0.117. The van der Waals surface area contributed by atoms with Gasteiger partial charge in [0, 0.05) is 26.3 Å². The van der Waals surface area contributed by atoms with Gasteiger partial charge in [0.25, 0.3) is 0 Å². The van der Waals surface area contributed by atoms with Gasteiger partial charge in [0.15, 0.2) is 0 Å². The average molecular weight is 369 g/mol. The van der Waals surface area contributed by atoms with Gasteiger partial charge in [-0.3, -0.25) is 4.79 Å². The van der Waals surface area contributed by atoms with E-state index >= 15 is 0 Å². The summed E-state index contributed by atoms with van der Waals surface area (Å²) in [5.41, 5.74) is 1.71. The zero-order valence-corrected chi connectivity index (χ0v) is 15.0. The van der Waals surface area contributed by atoms with E-state index in [2.05, 4.69) is 21.9 Å². The van der Waals surface area contributed by atoms with Crippen molar-refractivity contribution in [3.63, 3.8) is 0 Å². The number of aromatic nitrogens is 3. The van der Waals surface area contributed by atoms with Crippen molar-refractivity contribution in [3.8, 4) is 0 Å². The van der Waals surface area contributed by atoms with Crippen molar-refractivity contribution in [1.29, 1.82) is 0 Å². The number of alkyl halides is 3. The van der Waals surface area contributed by atoms with Crippen LogP contribution in [0.5, 0.6) is 0 Å². The number of nitrogens with one attached hydrogen (secondary N) is 1. The Morgan fingerprint density at radius 2 is 2.15 bits per heavy atom. The van der Waals surface area contributed by atoms with Gasteiger partial charge in [-0.15, -0.1) is 0 Å². The summed E-state index contributed by atoms with van der Waals surface area (Å²) in [6.45, 7) is 4.60. The molecule has 142 valence electrons. The number of rotatable bonds is 3. The van der Waals surface area contributed by atoms with Crippen molar-refractivity contribution in [3.05, 3.63) is 18.1 Å². The third kappa shape index (κ3) is 3.61. The number of anilines is 1. The Morgan fingerprint density at radius 1 is 1.42 bits per heavy atom. The predicted molar refractivity (Wildman–Crippen MR) is 91.8 cm³/mol. The summed E-state index contributed by atoms with van der Waals surface area (Å²) in [5, 5.41) is 0.890. The van der Waals surface area contributed by atoms with Crippen LogP contribution in [0.4, 0.5) is 19.0 Å². The smallest absolute Gasteiger partial charge is 0.354 e. The molecule has 0 aliphatic carbocycles. The van der Waals surface area contributed by atoms with Crippen LogP contribution in [0.2, 0.25) is 0 Å². The highest BCUT2D eigenvalue weighted by atomic mass is 19.4. The number of hydrogen-bond donors (Lipinski definition) is 1. The molecule has 2 aromatic rings. The number of aromatic amines is 1. The number of piperidine rings is 1.